The summed E-state index contributed by atoms with van der Waals surface area (Å²) in [5, 5.41) is 4.52. The summed E-state index contributed by atoms with van der Waals surface area (Å²) in [6.07, 6.45) is 0.0832. The molecule has 0 saturated carbocycles. The molecular formula is C22H21BrN4O3. The molecule has 4 rings (SSSR count). The van der Waals surface area contributed by atoms with E-state index in [-0.39, 0.29) is 25.5 Å². The molecule has 0 atom stereocenters. The Morgan fingerprint density at radius 3 is 2.73 bits per heavy atom. The van der Waals surface area contributed by atoms with Gasteiger partial charge < -0.3 is 15.4 Å². The van der Waals surface area contributed by atoms with Crippen LogP contribution in [0.3, 0.4) is 0 Å². The van der Waals surface area contributed by atoms with E-state index in [1.807, 2.05) is 55.6 Å². The van der Waals surface area contributed by atoms with Gasteiger partial charge >= 0.3 is 0 Å². The number of nitrogens with zero attached hydrogens (tertiary/aromatic N) is 3. The van der Waals surface area contributed by atoms with Crippen molar-refractivity contribution in [2.24, 2.45) is 12.8 Å². The van der Waals surface area contributed by atoms with Gasteiger partial charge in [0.05, 0.1) is 5.69 Å². The fourth-order valence-electron chi connectivity index (χ4n) is 3.63. The van der Waals surface area contributed by atoms with Crippen LogP contribution in [0, 0.1) is 0 Å². The Balaban J connectivity index is 1.70. The average molecular weight is 469 g/mol. The first kappa shape index (κ1) is 20.2. The smallest absolute Gasteiger partial charge is 0.275 e. The number of hydrogen-bond donors (Lipinski definition) is 1. The predicted octanol–water partition coefficient (Wildman–Crippen LogP) is 3.26. The van der Waals surface area contributed by atoms with Crippen LogP contribution < -0.4 is 10.5 Å². The molecule has 0 bridgehead atoms. The first-order valence-electron chi connectivity index (χ1n) is 9.54. The van der Waals surface area contributed by atoms with Gasteiger partial charge in [-0.2, -0.15) is 5.10 Å². The normalized spacial score (nSPS) is 11.9. The second-order valence-electron chi connectivity index (χ2n) is 7.16. The monoisotopic (exact) mass is 468 g/mol. The van der Waals surface area contributed by atoms with Crippen molar-refractivity contribution in [2.45, 2.75) is 19.6 Å². The zero-order valence-electron chi connectivity index (χ0n) is 16.5. The number of aromatic nitrogens is 2. The summed E-state index contributed by atoms with van der Waals surface area (Å²) in [6, 6.07) is 15.4. The van der Waals surface area contributed by atoms with Crippen LogP contribution in [0.4, 0.5) is 0 Å². The maximum atomic E-state index is 13.5. The molecule has 0 saturated heterocycles. The van der Waals surface area contributed by atoms with Gasteiger partial charge in [-0.15, -0.1) is 0 Å². The molecule has 1 aliphatic heterocycles. The molecule has 0 spiro atoms. The Morgan fingerprint density at radius 2 is 2.00 bits per heavy atom. The van der Waals surface area contributed by atoms with Crippen LogP contribution >= 0.6 is 15.9 Å². The van der Waals surface area contributed by atoms with Crippen molar-refractivity contribution in [2.75, 3.05) is 6.54 Å². The molecule has 154 valence electrons. The van der Waals surface area contributed by atoms with Crippen molar-refractivity contribution in [3.05, 3.63) is 69.8 Å². The highest BCUT2D eigenvalue weighted by molar-refractivity contribution is 9.10. The first-order valence-corrected chi connectivity index (χ1v) is 10.3. The number of nitrogens with two attached hydrogens (primary N) is 1. The Morgan fingerprint density at radius 1 is 1.23 bits per heavy atom. The largest absolute Gasteiger partial charge is 0.488 e. The van der Waals surface area contributed by atoms with Crippen LogP contribution in [0.15, 0.2) is 53.0 Å². The number of carbonyl (C=O) groups excluding carboxylic acids is 2. The van der Waals surface area contributed by atoms with Gasteiger partial charge in [0.2, 0.25) is 5.91 Å². The Bertz CT molecular complexity index is 1110. The molecule has 7 nitrogen and oxygen atoms in total. The van der Waals surface area contributed by atoms with Gasteiger partial charge in [-0.05, 0) is 23.8 Å². The number of aryl methyl sites for hydroxylation is 1. The number of rotatable bonds is 6. The van der Waals surface area contributed by atoms with Crippen molar-refractivity contribution in [1.29, 1.82) is 0 Å². The molecule has 30 heavy (non-hydrogen) atoms. The van der Waals surface area contributed by atoms with Crippen LogP contribution in [0.2, 0.25) is 0 Å². The van der Waals surface area contributed by atoms with E-state index in [0.717, 1.165) is 32.6 Å². The Hall–Kier alpha value is -3.13. The lowest BCUT2D eigenvalue weighted by molar-refractivity contribution is -0.118. The highest BCUT2D eigenvalue weighted by Gasteiger charge is 2.31. The zero-order valence-corrected chi connectivity index (χ0v) is 18.1. The van der Waals surface area contributed by atoms with Gasteiger partial charge in [-0.3, -0.25) is 14.3 Å². The van der Waals surface area contributed by atoms with Gasteiger partial charge in [0.1, 0.15) is 12.4 Å². The van der Waals surface area contributed by atoms with Crippen LogP contribution in [-0.4, -0.2) is 33.0 Å². The second kappa shape index (κ2) is 8.31. The van der Waals surface area contributed by atoms with Gasteiger partial charge in [0, 0.05) is 42.2 Å². The average Bonchev–Trinajstić information content (AvgIpc) is 3.08. The summed E-state index contributed by atoms with van der Waals surface area (Å²) in [5.74, 6) is 0.0487. The third-order valence-corrected chi connectivity index (χ3v) is 5.54. The summed E-state index contributed by atoms with van der Waals surface area (Å²) < 4.78 is 8.52. The van der Waals surface area contributed by atoms with Crippen LogP contribution in [0.5, 0.6) is 5.75 Å². The topological polar surface area (TPSA) is 90.5 Å². The minimum absolute atomic E-state index is 0.0832. The van der Waals surface area contributed by atoms with Gasteiger partial charge in [0.15, 0.2) is 5.69 Å². The summed E-state index contributed by atoms with van der Waals surface area (Å²) in [7, 11) is 1.82. The van der Waals surface area contributed by atoms with Crippen LogP contribution in [0.1, 0.15) is 28.0 Å². The van der Waals surface area contributed by atoms with E-state index in [1.54, 1.807) is 9.58 Å². The molecule has 0 radical (unpaired) electrons. The molecule has 0 fully saturated rings. The molecule has 2 aromatic carbocycles. The lowest BCUT2D eigenvalue weighted by Crippen LogP contribution is -2.34. The molecule has 1 aliphatic rings. The van der Waals surface area contributed by atoms with E-state index in [4.69, 9.17) is 10.5 Å². The number of benzene rings is 2. The molecule has 2 amide bonds. The van der Waals surface area contributed by atoms with Gasteiger partial charge in [0.25, 0.3) is 5.91 Å². The fourth-order valence-corrected chi connectivity index (χ4v) is 3.99. The van der Waals surface area contributed by atoms with E-state index in [2.05, 4.69) is 21.0 Å². The van der Waals surface area contributed by atoms with Crippen molar-refractivity contribution in [3.8, 4) is 17.0 Å². The highest BCUT2D eigenvalue weighted by atomic mass is 79.9. The van der Waals surface area contributed by atoms with Crippen LogP contribution in [0.25, 0.3) is 11.3 Å². The molecule has 0 unspecified atom stereocenters. The maximum absolute atomic E-state index is 13.5. The van der Waals surface area contributed by atoms with Crippen molar-refractivity contribution in [3.63, 3.8) is 0 Å². The maximum Gasteiger partial charge on any atom is 0.275 e. The lowest BCUT2D eigenvalue weighted by Gasteiger charge is -2.23. The molecule has 3 aromatic rings. The van der Waals surface area contributed by atoms with E-state index in [1.165, 1.54) is 0 Å². The van der Waals surface area contributed by atoms with Crippen molar-refractivity contribution in [1.82, 2.24) is 14.7 Å². The molecule has 0 aliphatic carbocycles. The third-order valence-electron chi connectivity index (χ3n) is 5.05. The number of carbonyl (C=O) groups is 2. The standard InChI is InChI=1S/C22H21BrN4O3/c1-26-21-16-11-15(23)7-8-18(16)30-13-17(21)20(25-26)22(29)27(10-9-19(24)28)12-14-5-3-2-4-6-14/h2-8,11H,9-10,12-13H2,1H3,(H2,24,28). The van der Waals surface area contributed by atoms with E-state index >= 15 is 0 Å². The summed E-state index contributed by atoms with van der Waals surface area (Å²) >= 11 is 3.49. The van der Waals surface area contributed by atoms with Crippen LogP contribution in [-0.2, 0) is 25.0 Å². The van der Waals surface area contributed by atoms with Gasteiger partial charge in [-0.25, -0.2) is 0 Å². The minimum Gasteiger partial charge on any atom is -0.488 e. The number of ether oxygens (including phenoxy) is 1. The predicted molar refractivity (Wildman–Crippen MR) is 116 cm³/mol. The molecule has 8 heteroatoms. The molecule has 1 aromatic heterocycles. The van der Waals surface area contributed by atoms with E-state index in [0.29, 0.717) is 12.2 Å². The number of primary amides is 1. The first-order chi connectivity index (χ1) is 14.4. The molecule has 2 heterocycles. The fraction of sp³-hybridized carbons (Fsp3) is 0.227. The number of halogens is 1. The van der Waals surface area contributed by atoms with Crippen molar-refractivity contribution >= 4 is 27.7 Å². The van der Waals surface area contributed by atoms with E-state index < -0.39 is 5.91 Å². The summed E-state index contributed by atoms with van der Waals surface area (Å²) in [4.78, 5) is 26.4. The Kier molecular flexibility index (Phi) is 5.59. The number of hydrogen-bond acceptors (Lipinski definition) is 4. The quantitative estimate of drug-likeness (QED) is 0.600. The number of amides is 2. The number of fused-ring (bicyclic) bond motifs is 3. The van der Waals surface area contributed by atoms with E-state index in [9.17, 15) is 9.59 Å². The molecular weight excluding hydrogens is 448 g/mol. The zero-order chi connectivity index (χ0) is 21.3. The minimum atomic E-state index is -0.453. The van der Waals surface area contributed by atoms with Gasteiger partial charge in [-0.1, -0.05) is 46.3 Å². The lowest BCUT2D eigenvalue weighted by atomic mass is 10.0. The van der Waals surface area contributed by atoms with Crippen molar-refractivity contribution < 1.29 is 14.3 Å². The Labute approximate surface area is 182 Å². The highest BCUT2D eigenvalue weighted by Crippen LogP contribution is 2.40. The SMILES string of the molecule is Cn1nc(C(=O)N(CCC(N)=O)Cc2ccccc2)c2c1-c1cc(Br)ccc1OC2. The third kappa shape index (κ3) is 3.95. The summed E-state index contributed by atoms with van der Waals surface area (Å²) in [5.41, 5.74) is 9.11. The second-order valence-corrected chi connectivity index (χ2v) is 8.07. The molecule has 2 N–H and O–H groups in total. The summed E-state index contributed by atoms with van der Waals surface area (Å²) in [6.45, 7) is 0.840.